The van der Waals surface area contributed by atoms with Gasteiger partial charge in [0.1, 0.15) is 11.4 Å². The third-order valence-electron chi connectivity index (χ3n) is 5.20. The number of aromatic hydroxyl groups is 1. The third kappa shape index (κ3) is 4.34. The lowest BCUT2D eigenvalue weighted by atomic mass is 9.85. The number of benzene rings is 1. The zero-order valence-corrected chi connectivity index (χ0v) is 19.8. The van der Waals surface area contributed by atoms with Gasteiger partial charge < -0.3 is 20.6 Å². The number of hydrogen-bond acceptors (Lipinski definition) is 7. The second-order valence-electron chi connectivity index (χ2n) is 8.90. The summed E-state index contributed by atoms with van der Waals surface area (Å²) in [5.74, 6) is -1.67. The van der Waals surface area contributed by atoms with Gasteiger partial charge in [-0.1, -0.05) is 32.9 Å². The maximum absolute atomic E-state index is 12.9. The van der Waals surface area contributed by atoms with E-state index in [1.165, 1.54) is 18.0 Å². The monoisotopic (exact) mass is 456 g/mol. The van der Waals surface area contributed by atoms with Crippen molar-refractivity contribution in [2.75, 3.05) is 26.5 Å². The van der Waals surface area contributed by atoms with E-state index < -0.39 is 11.8 Å². The molecule has 1 aliphatic heterocycles. The molecule has 1 aromatic heterocycles. The van der Waals surface area contributed by atoms with Crippen molar-refractivity contribution in [2.24, 2.45) is 5.41 Å². The Bertz CT molecular complexity index is 1080. The number of phenols is 1. The molecule has 2 heterocycles. The molecule has 3 N–H and O–H groups in total. The minimum Gasteiger partial charge on any atom is -0.505 e. The van der Waals surface area contributed by atoms with Crippen molar-refractivity contribution in [3.05, 3.63) is 57.5 Å². The Labute approximate surface area is 191 Å². The molecular formula is C23H28N4O4S. The molecule has 0 saturated heterocycles. The predicted octanol–water partition coefficient (Wildman–Crippen LogP) is 3.15. The topological polar surface area (TPSA) is 102 Å². The Morgan fingerprint density at radius 2 is 1.75 bits per heavy atom. The van der Waals surface area contributed by atoms with Crippen LogP contribution >= 0.6 is 11.3 Å². The van der Waals surface area contributed by atoms with Gasteiger partial charge in [0.05, 0.1) is 17.3 Å². The molecule has 0 radical (unpaired) electrons. The average molecular weight is 457 g/mol. The van der Waals surface area contributed by atoms with E-state index in [4.69, 9.17) is 0 Å². The summed E-state index contributed by atoms with van der Waals surface area (Å²) >= 11 is 1.56. The molecule has 0 spiro atoms. The van der Waals surface area contributed by atoms with Crippen LogP contribution in [0.5, 0.6) is 5.75 Å². The van der Waals surface area contributed by atoms with Crippen LogP contribution in [-0.2, 0) is 9.59 Å². The standard InChI is InChI=1S/C23H28N4O4S/c1-23(2,3)19(15-11-8-12-32-15)25-17-16(21(30)27(6)22(17)31)24-14-10-7-9-13(18(14)28)20(29)26(4)5/h7-12,19,24-25,28H,1-6H3/t19-/m0/s1. The summed E-state index contributed by atoms with van der Waals surface area (Å²) < 4.78 is 0. The second kappa shape index (κ2) is 8.66. The first-order valence-electron chi connectivity index (χ1n) is 10.1. The van der Waals surface area contributed by atoms with Crippen LogP contribution in [-0.4, -0.2) is 53.8 Å². The van der Waals surface area contributed by atoms with Crippen LogP contribution in [0.15, 0.2) is 47.1 Å². The lowest BCUT2D eigenvalue weighted by Gasteiger charge is -2.32. The molecule has 1 atom stereocenters. The predicted molar refractivity (Wildman–Crippen MR) is 124 cm³/mol. The molecular weight excluding hydrogens is 428 g/mol. The van der Waals surface area contributed by atoms with Crippen LogP contribution in [0, 0.1) is 5.41 Å². The molecule has 9 heteroatoms. The van der Waals surface area contributed by atoms with Crippen LogP contribution in [0.3, 0.4) is 0 Å². The Morgan fingerprint density at radius 1 is 1.09 bits per heavy atom. The number of amides is 3. The number of thiophene rings is 1. The van der Waals surface area contributed by atoms with Gasteiger partial charge in [-0.2, -0.15) is 0 Å². The van der Waals surface area contributed by atoms with Crippen molar-refractivity contribution in [3.63, 3.8) is 0 Å². The first kappa shape index (κ1) is 23.3. The molecule has 0 aliphatic carbocycles. The minimum absolute atomic E-state index is 0.0214. The molecule has 0 unspecified atom stereocenters. The Hall–Kier alpha value is -3.33. The van der Waals surface area contributed by atoms with Gasteiger partial charge in [0, 0.05) is 26.0 Å². The smallest absolute Gasteiger partial charge is 0.279 e. The number of para-hydroxylation sites is 1. The molecule has 8 nitrogen and oxygen atoms in total. The van der Waals surface area contributed by atoms with Crippen LogP contribution in [0.25, 0.3) is 0 Å². The maximum atomic E-state index is 12.9. The molecule has 3 amide bonds. The molecule has 0 saturated carbocycles. The quantitative estimate of drug-likeness (QED) is 0.456. The number of hydrogen-bond donors (Lipinski definition) is 3. The lowest BCUT2D eigenvalue weighted by molar-refractivity contribution is -0.136. The summed E-state index contributed by atoms with van der Waals surface area (Å²) in [6.45, 7) is 6.14. The van der Waals surface area contributed by atoms with Crippen LogP contribution in [0.4, 0.5) is 5.69 Å². The summed E-state index contributed by atoms with van der Waals surface area (Å²) in [5, 5.41) is 18.8. The van der Waals surface area contributed by atoms with Crippen LogP contribution in [0.1, 0.15) is 42.0 Å². The zero-order valence-electron chi connectivity index (χ0n) is 19.0. The second-order valence-corrected chi connectivity index (χ2v) is 9.88. The number of likely N-dealkylation sites (N-methyl/N-ethyl adjacent to an activating group) is 1. The van der Waals surface area contributed by atoms with Crippen LogP contribution in [0.2, 0.25) is 0 Å². The van der Waals surface area contributed by atoms with E-state index in [9.17, 15) is 19.5 Å². The largest absolute Gasteiger partial charge is 0.505 e. The Morgan fingerprint density at radius 3 is 2.31 bits per heavy atom. The average Bonchev–Trinajstić information content (AvgIpc) is 3.31. The van der Waals surface area contributed by atoms with E-state index in [1.807, 2.05) is 38.3 Å². The molecule has 3 rings (SSSR count). The summed E-state index contributed by atoms with van der Waals surface area (Å²) in [6, 6.07) is 8.33. The van der Waals surface area contributed by atoms with Gasteiger partial charge in [0.25, 0.3) is 17.7 Å². The Kier molecular flexibility index (Phi) is 6.32. The van der Waals surface area contributed by atoms with Crippen molar-refractivity contribution >= 4 is 34.7 Å². The summed E-state index contributed by atoms with van der Waals surface area (Å²) in [4.78, 5) is 41.6. The fraction of sp³-hybridized carbons (Fsp3) is 0.348. The van der Waals surface area contributed by atoms with Crippen LogP contribution < -0.4 is 10.6 Å². The van der Waals surface area contributed by atoms with E-state index in [2.05, 4.69) is 10.6 Å². The summed E-state index contributed by atoms with van der Waals surface area (Å²) in [7, 11) is 4.57. The number of nitrogens with zero attached hydrogens (tertiary/aromatic N) is 2. The molecule has 2 aromatic rings. The minimum atomic E-state index is -0.528. The highest BCUT2D eigenvalue weighted by Crippen LogP contribution is 2.38. The first-order chi connectivity index (χ1) is 14.9. The van der Waals surface area contributed by atoms with E-state index in [0.717, 1.165) is 9.78 Å². The van der Waals surface area contributed by atoms with Crippen molar-refractivity contribution in [2.45, 2.75) is 26.8 Å². The number of carbonyl (C=O) groups excluding carboxylic acids is 3. The number of rotatable bonds is 6. The van der Waals surface area contributed by atoms with Crippen molar-refractivity contribution in [1.82, 2.24) is 15.1 Å². The molecule has 0 bridgehead atoms. The van der Waals surface area contributed by atoms with Crippen molar-refractivity contribution < 1.29 is 19.5 Å². The molecule has 32 heavy (non-hydrogen) atoms. The van der Waals surface area contributed by atoms with Crippen molar-refractivity contribution in [1.29, 1.82) is 0 Å². The normalized spacial score (nSPS) is 15.2. The van der Waals surface area contributed by atoms with Gasteiger partial charge in [-0.25, -0.2) is 0 Å². The van der Waals surface area contributed by atoms with E-state index in [0.29, 0.717) is 0 Å². The molecule has 170 valence electrons. The van der Waals surface area contributed by atoms with E-state index in [1.54, 1.807) is 37.6 Å². The number of phenolic OH excluding ortho intramolecular Hbond substituents is 1. The SMILES string of the molecule is CN(C)C(=O)c1cccc(NC2=C(N[C@@H](c3cccs3)C(C)(C)C)C(=O)N(C)C2=O)c1O. The molecule has 0 fully saturated rings. The molecule has 1 aromatic carbocycles. The van der Waals surface area contributed by atoms with Gasteiger partial charge in [-0.05, 0) is 29.0 Å². The zero-order chi connectivity index (χ0) is 23.8. The fourth-order valence-electron chi connectivity index (χ4n) is 3.40. The first-order valence-corrected chi connectivity index (χ1v) is 11.0. The highest BCUT2D eigenvalue weighted by Gasteiger charge is 2.40. The van der Waals surface area contributed by atoms with E-state index >= 15 is 0 Å². The van der Waals surface area contributed by atoms with E-state index in [-0.39, 0.29) is 45.8 Å². The van der Waals surface area contributed by atoms with Gasteiger partial charge in [0.2, 0.25) is 0 Å². The third-order valence-corrected chi connectivity index (χ3v) is 6.14. The number of imide groups is 1. The van der Waals surface area contributed by atoms with Gasteiger partial charge in [-0.15, -0.1) is 11.3 Å². The number of anilines is 1. The van der Waals surface area contributed by atoms with Gasteiger partial charge in [-0.3, -0.25) is 19.3 Å². The Balaban J connectivity index is 2.04. The number of carbonyl (C=O) groups is 3. The maximum Gasteiger partial charge on any atom is 0.279 e. The fourth-order valence-corrected chi connectivity index (χ4v) is 4.42. The van der Waals surface area contributed by atoms with Gasteiger partial charge >= 0.3 is 0 Å². The summed E-state index contributed by atoms with van der Waals surface area (Å²) in [6.07, 6.45) is 0. The van der Waals surface area contributed by atoms with Crippen molar-refractivity contribution in [3.8, 4) is 5.75 Å². The van der Waals surface area contributed by atoms with Gasteiger partial charge in [0.15, 0.2) is 5.75 Å². The molecule has 1 aliphatic rings. The number of nitrogens with one attached hydrogen (secondary N) is 2. The highest BCUT2D eigenvalue weighted by molar-refractivity contribution is 7.10. The highest BCUT2D eigenvalue weighted by atomic mass is 32.1. The summed E-state index contributed by atoms with van der Waals surface area (Å²) in [5.41, 5.74) is 0.133. The lowest BCUT2D eigenvalue weighted by Crippen LogP contribution is -2.35.